The minimum atomic E-state index is -0.471. The molecule has 2 aliphatic heterocycles. The van der Waals surface area contributed by atoms with Crippen molar-refractivity contribution in [2.24, 2.45) is 10.1 Å². The van der Waals surface area contributed by atoms with E-state index in [1.165, 1.54) is 42.1 Å². The summed E-state index contributed by atoms with van der Waals surface area (Å²) in [5.74, 6) is 0.120. The smallest absolute Gasteiger partial charge is 0.283 e. The first-order valence-electron chi connectivity index (χ1n) is 12.6. The monoisotopic (exact) mass is 522 g/mol. The van der Waals surface area contributed by atoms with E-state index in [1.807, 2.05) is 6.92 Å². The molecule has 2 aliphatic rings. The summed E-state index contributed by atoms with van der Waals surface area (Å²) >= 11 is 1.36. The van der Waals surface area contributed by atoms with Crippen LogP contribution in [0.3, 0.4) is 0 Å². The van der Waals surface area contributed by atoms with Crippen LogP contribution in [-0.2, 0) is 11.4 Å². The lowest BCUT2D eigenvalue weighted by atomic mass is 10.1. The molecule has 9 heteroatoms. The van der Waals surface area contributed by atoms with Gasteiger partial charge in [-0.05, 0) is 61.4 Å². The summed E-state index contributed by atoms with van der Waals surface area (Å²) < 4.78 is 25.5. The normalized spacial score (nSPS) is 16.1. The molecule has 0 fully saturated rings. The Labute approximate surface area is 221 Å². The van der Waals surface area contributed by atoms with Crippen molar-refractivity contribution in [2.45, 2.75) is 59.0 Å². The molecule has 0 bridgehead atoms. The van der Waals surface area contributed by atoms with Crippen molar-refractivity contribution < 1.29 is 18.7 Å². The molecule has 0 atom stereocenters. The second kappa shape index (κ2) is 12.7. The Bertz CT molecular complexity index is 1260. The van der Waals surface area contributed by atoms with Crippen LogP contribution in [0, 0.1) is 11.2 Å². The minimum Gasteiger partial charge on any atom is -0.490 e. The number of benzene rings is 2. The van der Waals surface area contributed by atoms with Gasteiger partial charge < -0.3 is 9.47 Å². The van der Waals surface area contributed by atoms with E-state index in [4.69, 9.17) is 14.9 Å². The fourth-order valence-electron chi connectivity index (χ4n) is 3.95. The molecule has 0 radical (unpaired) electrons. The molecule has 4 rings (SSSR count). The highest BCUT2D eigenvalue weighted by Gasteiger charge is 2.35. The lowest BCUT2D eigenvalue weighted by Crippen LogP contribution is -2.35. The number of amidine groups is 2. The van der Waals surface area contributed by atoms with Crippen LogP contribution in [0.2, 0.25) is 0 Å². The van der Waals surface area contributed by atoms with Crippen molar-refractivity contribution >= 4 is 39.8 Å². The molecule has 1 amide bonds. The van der Waals surface area contributed by atoms with Crippen molar-refractivity contribution in [3.05, 3.63) is 65.0 Å². The summed E-state index contributed by atoms with van der Waals surface area (Å²) in [6.07, 6.45) is 8.23. The lowest BCUT2D eigenvalue weighted by molar-refractivity contribution is -0.114. The molecular formula is C28H31FN4O3S. The van der Waals surface area contributed by atoms with Gasteiger partial charge in [0.1, 0.15) is 17.5 Å². The molecule has 1 N–H and O–H groups in total. The van der Waals surface area contributed by atoms with Crippen molar-refractivity contribution in [3.8, 4) is 11.5 Å². The average molecular weight is 523 g/mol. The zero-order chi connectivity index (χ0) is 26.2. The molecule has 0 spiro atoms. The number of halogens is 1. The van der Waals surface area contributed by atoms with Gasteiger partial charge in [-0.25, -0.2) is 4.39 Å². The van der Waals surface area contributed by atoms with Crippen LogP contribution in [0.1, 0.15) is 63.5 Å². The number of amides is 1. The second-order valence-corrected chi connectivity index (χ2v) is 9.74. The van der Waals surface area contributed by atoms with E-state index < -0.39 is 5.91 Å². The van der Waals surface area contributed by atoms with Crippen molar-refractivity contribution in [3.63, 3.8) is 0 Å². The van der Waals surface area contributed by atoms with Gasteiger partial charge >= 0.3 is 0 Å². The van der Waals surface area contributed by atoms with Crippen LogP contribution in [0.4, 0.5) is 4.39 Å². The van der Waals surface area contributed by atoms with Crippen LogP contribution < -0.4 is 9.47 Å². The predicted molar refractivity (Wildman–Crippen MR) is 147 cm³/mol. The molecule has 194 valence electrons. The van der Waals surface area contributed by atoms with Gasteiger partial charge in [0.15, 0.2) is 17.3 Å². The maximum atomic E-state index is 14.0. The number of aliphatic imine (C=N–C) groups is 1. The summed E-state index contributed by atoms with van der Waals surface area (Å²) in [6, 6.07) is 11.6. The fourth-order valence-corrected chi connectivity index (χ4v) is 4.88. The molecule has 7 nitrogen and oxygen atoms in total. The predicted octanol–water partition coefficient (Wildman–Crippen LogP) is 6.78. The second-order valence-electron chi connectivity index (χ2n) is 8.70. The number of carbonyl (C=O) groups excluding carboxylic acids is 1. The zero-order valence-corrected chi connectivity index (χ0v) is 21.9. The highest BCUT2D eigenvalue weighted by molar-refractivity contribution is 8.26. The Hall–Kier alpha value is -3.46. The quantitative estimate of drug-likeness (QED) is 0.245. The Balaban J connectivity index is 1.48. The maximum absolute atomic E-state index is 14.0. The molecule has 0 saturated carbocycles. The van der Waals surface area contributed by atoms with Gasteiger partial charge in [0.2, 0.25) is 5.17 Å². The van der Waals surface area contributed by atoms with Gasteiger partial charge in [-0.3, -0.25) is 10.2 Å². The highest BCUT2D eigenvalue weighted by Crippen LogP contribution is 2.33. The third-order valence-corrected chi connectivity index (χ3v) is 6.88. The van der Waals surface area contributed by atoms with Crippen LogP contribution in [0.25, 0.3) is 6.08 Å². The number of carbonyl (C=O) groups is 1. The summed E-state index contributed by atoms with van der Waals surface area (Å²) in [7, 11) is 0. The molecule has 0 aliphatic carbocycles. The van der Waals surface area contributed by atoms with Gasteiger partial charge in [0.05, 0.1) is 12.2 Å². The number of hydrazone groups is 1. The Kier molecular flexibility index (Phi) is 9.11. The molecule has 0 unspecified atom stereocenters. The van der Waals surface area contributed by atoms with E-state index in [9.17, 15) is 9.18 Å². The standard InChI is InChI=1S/C28H31FN4O3S/c1-3-5-6-7-8-13-25-32-33-26(30)21(27(34)31-28(33)37-25)16-19-14-15-23(24(17-19)35-4-2)36-18-20-11-9-10-12-22(20)29/h9-12,14-17,30H,3-8,13,18H2,1-2H3/b21-16-,30-26?. The van der Waals surface area contributed by atoms with E-state index in [2.05, 4.69) is 17.0 Å². The minimum absolute atomic E-state index is 0.00122. The summed E-state index contributed by atoms with van der Waals surface area (Å²) in [6.45, 7) is 4.50. The molecular weight excluding hydrogens is 491 g/mol. The Morgan fingerprint density at radius 3 is 2.65 bits per heavy atom. The first kappa shape index (κ1) is 26.6. The van der Waals surface area contributed by atoms with E-state index in [0.717, 1.165) is 24.3 Å². The van der Waals surface area contributed by atoms with Gasteiger partial charge in [-0.2, -0.15) is 15.1 Å². The number of nitrogens with one attached hydrogen (secondary N) is 1. The molecule has 2 heterocycles. The molecule has 2 aromatic carbocycles. The molecule has 37 heavy (non-hydrogen) atoms. The van der Waals surface area contributed by atoms with Crippen molar-refractivity contribution in [2.75, 3.05) is 6.61 Å². The number of nitrogens with zero attached hydrogens (tertiary/aromatic N) is 3. The Morgan fingerprint density at radius 1 is 1.05 bits per heavy atom. The largest absolute Gasteiger partial charge is 0.490 e. The van der Waals surface area contributed by atoms with Crippen LogP contribution in [0.15, 0.2) is 58.1 Å². The maximum Gasteiger partial charge on any atom is 0.283 e. The fraction of sp³-hybridized carbons (Fsp3) is 0.357. The summed E-state index contributed by atoms with van der Waals surface area (Å²) in [5, 5.41) is 15.9. The number of fused-ring (bicyclic) bond motifs is 1. The topological polar surface area (TPSA) is 87.3 Å². The van der Waals surface area contributed by atoms with Gasteiger partial charge in [-0.1, -0.05) is 56.9 Å². The van der Waals surface area contributed by atoms with E-state index in [0.29, 0.717) is 34.4 Å². The SMILES string of the molecule is CCCCCCCC1=NN2C(=N)/C(=C/c3ccc(OCc4ccccc4F)c(OCC)c3)C(=O)N=C2S1. The third kappa shape index (κ3) is 6.65. The van der Waals surface area contributed by atoms with Crippen LogP contribution in [-0.4, -0.2) is 33.6 Å². The molecule has 2 aromatic rings. The van der Waals surface area contributed by atoms with Gasteiger partial charge in [-0.15, -0.1) is 0 Å². The molecule has 0 aromatic heterocycles. The average Bonchev–Trinajstić information content (AvgIpc) is 3.30. The number of rotatable bonds is 12. The van der Waals surface area contributed by atoms with E-state index in [-0.39, 0.29) is 23.8 Å². The highest BCUT2D eigenvalue weighted by atomic mass is 32.2. The zero-order valence-electron chi connectivity index (χ0n) is 21.1. The van der Waals surface area contributed by atoms with Crippen molar-refractivity contribution in [1.82, 2.24) is 5.01 Å². The number of thioether (sulfide) groups is 1. The first-order chi connectivity index (χ1) is 18.0. The van der Waals surface area contributed by atoms with Crippen LogP contribution in [0.5, 0.6) is 11.5 Å². The first-order valence-corrected chi connectivity index (χ1v) is 13.4. The number of hydrogen-bond donors (Lipinski definition) is 1. The van der Waals surface area contributed by atoms with E-state index in [1.54, 1.807) is 42.5 Å². The summed E-state index contributed by atoms with van der Waals surface area (Å²) in [4.78, 5) is 17.0. The number of ether oxygens (including phenoxy) is 2. The van der Waals surface area contributed by atoms with Crippen molar-refractivity contribution in [1.29, 1.82) is 5.41 Å². The van der Waals surface area contributed by atoms with E-state index >= 15 is 0 Å². The van der Waals surface area contributed by atoms with Gasteiger partial charge in [0.25, 0.3) is 5.91 Å². The third-order valence-electron chi connectivity index (χ3n) is 5.91. The lowest BCUT2D eigenvalue weighted by Gasteiger charge is -2.20. The van der Waals surface area contributed by atoms with Crippen LogP contribution >= 0.6 is 11.8 Å². The number of unbranched alkanes of at least 4 members (excludes halogenated alkanes) is 4. The summed E-state index contributed by atoms with van der Waals surface area (Å²) in [5.41, 5.74) is 1.25. The van der Waals surface area contributed by atoms with Gasteiger partial charge in [0, 0.05) is 5.56 Å². The number of hydrogen-bond acceptors (Lipinski definition) is 6. The molecule has 0 saturated heterocycles. The Morgan fingerprint density at radius 2 is 1.86 bits per heavy atom.